The zero-order chi connectivity index (χ0) is 12.7. The molecule has 0 saturated heterocycles. The van der Waals surface area contributed by atoms with Gasteiger partial charge in [-0.15, -0.1) is 13.2 Å². The number of benzene rings is 1. The fourth-order valence-corrected chi connectivity index (χ4v) is 1.81. The molecule has 1 fully saturated rings. The Morgan fingerprint density at radius 1 is 1.29 bits per heavy atom. The molecule has 0 unspecified atom stereocenters. The molecule has 1 aliphatic rings. The SMILES string of the molecule is CNC1(c2ccc(F)c(OC(F)(F)F)c2)CC1. The largest absolute Gasteiger partial charge is 0.573 e. The Morgan fingerprint density at radius 3 is 2.41 bits per heavy atom. The Kier molecular flexibility index (Phi) is 2.77. The van der Waals surface area contributed by atoms with Crippen molar-refractivity contribution < 1.29 is 22.3 Å². The van der Waals surface area contributed by atoms with Crippen molar-refractivity contribution in [3.05, 3.63) is 29.6 Å². The molecule has 0 radical (unpaired) electrons. The van der Waals surface area contributed by atoms with Crippen molar-refractivity contribution in [1.29, 1.82) is 0 Å². The van der Waals surface area contributed by atoms with Crippen LogP contribution >= 0.6 is 0 Å². The van der Waals surface area contributed by atoms with E-state index in [-0.39, 0.29) is 5.54 Å². The van der Waals surface area contributed by atoms with Crippen LogP contribution in [-0.4, -0.2) is 13.4 Å². The minimum absolute atomic E-state index is 0.322. The molecule has 2 rings (SSSR count). The lowest BCUT2D eigenvalue weighted by Crippen LogP contribution is -2.25. The second-order valence-corrected chi connectivity index (χ2v) is 4.03. The highest BCUT2D eigenvalue weighted by molar-refractivity contribution is 5.37. The van der Waals surface area contributed by atoms with E-state index >= 15 is 0 Å². The number of nitrogens with one attached hydrogen (secondary N) is 1. The summed E-state index contributed by atoms with van der Waals surface area (Å²) in [6.07, 6.45) is -3.24. The fourth-order valence-electron chi connectivity index (χ4n) is 1.81. The molecule has 0 spiro atoms. The van der Waals surface area contributed by atoms with E-state index in [9.17, 15) is 17.6 Å². The van der Waals surface area contributed by atoms with E-state index in [1.165, 1.54) is 6.07 Å². The quantitative estimate of drug-likeness (QED) is 0.831. The summed E-state index contributed by atoms with van der Waals surface area (Å²) in [5.41, 5.74) is 0.290. The number of halogens is 4. The lowest BCUT2D eigenvalue weighted by atomic mass is 10.0. The van der Waals surface area contributed by atoms with Crippen LogP contribution in [0.4, 0.5) is 17.6 Å². The van der Waals surface area contributed by atoms with Crippen LogP contribution in [0.25, 0.3) is 0 Å². The molecule has 0 heterocycles. The van der Waals surface area contributed by atoms with Gasteiger partial charge in [0.05, 0.1) is 0 Å². The highest BCUT2D eigenvalue weighted by Crippen LogP contribution is 2.46. The second kappa shape index (κ2) is 3.87. The third-order valence-electron chi connectivity index (χ3n) is 2.94. The molecule has 17 heavy (non-hydrogen) atoms. The molecule has 1 aromatic carbocycles. The molecule has 1 aromatic rings. The first-order chi connectivity index (χ1) is 7.86. The molecular weight excluding hydrogens is 238 g/mol. The van der Waals surface area contributed by atoms with Crippen LogP contribution < -0.4 is 10.1 Å². The molecular formula is C11H11F4NO. The maximum Gasteiger partial charge on any atom is 0.573 e. The van der Waals surface area contributed by atoms with Gasteiger partial charge < -0.3 is 10.1 Å². The first-order valence-corrected chi connectivity index (χ1v) is 5.11. The zero-order valence-corrected chi connectivity index (χ0v) is 9.07. The van der Waals surface area contributed by atoms with Crippen LogP contribution in [0.1, 0.15) is 18.4 Å². The van der Waals surface area contributed by atoms with Gasteiger partial charge in [-0.1, -0.05) is 6.07 Å². The Labute approximate surface area is 95.6 Å². The van der Waals surface area contributed by atoms with Crippen LogP contribution in [0.15, 0.2) is 18.2 Å². The lowest BCUT2D eigenvalue weighted by Gasteiger charge is -2.17. The van der Waals surface area contributed by atoms with Crippen LogP contribution in [-0.2, 0) is 5.54 Å². The van der Waals surface area contributed by atoms with Gasteiger partial charge >= 0.3 is 6.36 Å². The predicted octanol–water partition coefficient (Wildman–Crippen LogP) is 2.93. The monoisotopic (exact) mass is 249 g/mol. The predicted molar refractivity (Wildman–Crippen MR) is 53.1 cm³/mol. The summed E-state index contributed by atoms with van der Waals surface area (Å²) in [7, 11) is 1.72. The smallest absolute Gasteiger partial charge is 0.403 e. The Balaban J connectivity index is 2.30. The van der Waals surface area contributed by atoms with Gasteiger partial charge in [0.2, 0.25) is 0 Å². The molecule has 0 aromatic heterocycles. The first kappa shape index (κ1) is 12.2. The van der Waals surface area contributed by atoms with Crippen molar-refractivity contribution in [3.63, 3.8) is 0 Å². The van der Waals surface area contributed by atoms with E-state index in [0.29, 0.717) is 5.56 Å². The summed E-state index contributed by atoms with van der Waals surface area (Å²) in [5, 5.41) is 3.02. The molecule has 1 aliphatic carbocycles. The third kappa shape index (κ3) is 2.52. The van der Waals surface area contributed by atoms with Crippen LogP contribution in [0.2, 0.25) is 0 Å². The van der Waals surface area contributed by atoms with Crippen LogP contribution in [0.3, 0.4) is 0 Å². The van der Waals surface area contributed by atoms with E-state index in [4.69, 9.17) is 0 Å². The lowest BCUT2D eigenvalue weighted by molar-refractivity contribution is -0.275. The Hall–Kier alpha value is -1.30. The van der Waals surface area contributed by atoms with Gasteiger partial charge in [0, 0.05) is 5.54 Å². The van der Waals surface area contributed by atoms with E-state index in [2.05, 4.69) is 10.1 Å². The average molecular weight is 249 g/mol. The number of alkyl halides is 3. The standard InChI is InChI=1S/C11H11F4NO/c1-16-10(4-5-10)7-2-3-8(12)9(6-7)17-11(13,14)15/h2-3,6,16H,4-5H2,1H3. The zero-order valence-electron chi connectivity index (χ0n) is 9.07. The second-order valence-electron chi connectivity index (χ2n) is 4.03. The summed E-state index contributed by atoms with van der Waals surface area (Å²) in [4.78, 5) is 0. The van der Waals surface area contributed by atoms with E-state index in [1.807, 2.05) is 0 Å². The molecule has 94 valence electrons. The summed E-state index contributed by atoms with van der Waals surface area (Å²) in [5.74, 6) is -1.80. The number of hydrogen-bond acceptors (Lipinski definition) is 2. The van der Waals surface area contributed by atoms with Crippen molar-refractivity contribution in [2.75, 3.05) is 7.05 Å². The Bertz CT molecular complexity index is 426. The van der Waals surface area contributed by atoms with E-state index in [0.717, 1.165) is 25.0 Å². The summed E-state index contributed by atoms with van der Waals surface area (Å²) in [6.45, 7) is 0. The van der Waals surface area contributed by atoms with Crippen LogP contribution in [0.5, 0.6) is 5.75 Å². The van der Waals surface area contributed by atoms with E-state index in [1.54, 1.807) is 7.05 Å². The van der Waals surface area contributed by atoms with Crippen molar-refractivity contribution in [2.24, 2.45) is 0 Å². The van der Waals surface area contributed by atoms with Crippen molar-refractivity contribution in [2.45, 2.75) is 24.7 Å². The van der Waals surface area contributed by atoms with Crippen molar-refractivity contribution in [3.8, 4) is 5.75 Å². The molecule has 0 bridgehead atoms. The molecule has 1 N–H and O–H groups in total. The maximum atomic E-state index is 13.2. The molecule has 0 aliphatic heterocycles. The van der Waals surface area contributed by atoms with Gasteiger partial charge in [0.15, 0.2) is 11.6 Å². The summed E-state index contributed by atoms with van der Waals surface area (Å²) >= 11 is 0. The summed E-state index contributed by atoms with van der Waals surface area (Å²) < 4.78 is 52.9. The number of ether oxygens (including phenoxy) is 1. The molecule has 2 nitrogen and oxygen atoms in total. The third-order valence-corrected chi connectivity index (χ3v) is 2.94. The molecule has 0 atom stereocenters. The molecule has 6 heteroatoms. The van der Waals surface area contributed by atoms with Gasteiger partial charge in [-0.2, -0.15) is 0 Å². The minimum atomic E-state index is -4.88. The summed E-state index contributed by atoms with van der Waals surface area (Å²) in [6, 6.07) is 3.57. The maximum absolute atomic E-state index is 13.2. The van der Waals surface area contributed by atoms with Gasteiger partial charge in [0.25, 0.3) is 0 Å². The number of rotatable bonds is 3. The van der Waals surface area contributed by atoms with Gasteiger partial charge in [0.1, 0.15) is 0 Å². The van der Waals surface area contributed by atoms with Crippen LogP contribution in [0, 0.1) is 5.82 Å². The topological polar surface area (TPSA) is 21.3 Å². The minimum Gasteiger partial charge on any atom is -0.403 e. The van der Waals surface area contributed by atoms with E-state index < -0.39 is 17.9 Å². The average Bonchev–Trinajstić information content (AvgIpc) is 3.00. The number of hydrogen-bond donors (Lipinski definition) is 1. The first-order valence-electron chi connectivity index (χ1n) is 5.11. The van der Waals surface area contributed by atoms with Gasteiger partial charge in [-0.3, -0.25) is 0 Å². The van der Waals surface area contributed by atoms with Crippen molar-refractivity contribution >= 4 is 0 Å². The highest BCUT2D eigenvalue weighted by atomic mass is 19.4. The fraction of sp³-hybridized carbons (Fsp3) is 0.455. The van der Waals surface area contributed by atoms with Crippen molar-refractivity contribution in [1.82, 2.24) is 5.32 Å². The highest BCUT2D eigenvalue weighted by Gasteiger charge is 2.43. The Morgan fingerprint density at radius 2 is 1.94 bits per heavy atom. The van der Waals surface area contributed by atoms with Gasteiger partial charge in [-0.25, -0.2) is 4.39 Å². The normalized spacial score (nSPS) is 17.9. The van der Waals surface area contributed by atoms with Gasteiger partial charge in [-0.05, 0) is 37.6 Å². The molecule has 0 amide bonds. The molecule has 1 saturated carbocycles.